The molecule has 8 nitrogen and oxygen atoms in total. The van der Waals surface area contributed by atoms with Gasteiger partial charge in [0.2, 0.25) is 0 Å². The predicted octanol–water partition coefficient (Wildman–Crippen LogP) is 4.20. The van der Waals surface area contributed by atoms with Crippen LogP contribution in [0, 0.1) is 0 Å². The number of aryl methyl sites for hydroxylation is 2. The first kappa shape index (κ1) is 22.8. The maximum atomic E-state index is 12.5. The molecule has 0 spiro atoms. The molecule has 2 heterocycles. The highest BCUT2D eigenvalue weighted by Gasteiger charge is 2.08. The Bertz CT molecular complexity index is 1540. The van der Waals surface area contributed by atoms with Crippen molar-refractivity contribution in [3.05, 3.63) is 107 Å². The monoisotopic (exact) mass is 476 g/mol. The summed E-state index contributed by atoms with van der Waals surface area (Å²) in [6, 6.07) is 22.4. The fourth-order valence-electron chi connectivity index (χ4n) is 4.03. The van der Waals surface area contributed by atoms with Gasteiger partial charge in [-0.1, -0.05) is 18.2 Å². The second-order valence-electron chi connectivity index (χ2n) is 8.47. The van der Waals surface area contributed by atoms with Crippen LogP contribution >= 0.6 is 0 Å². The summed E-state index contributed by atoms with van der Waals surface area (Å²) in [4.78, 5) is 24.9. The number of rotatable bonds is 6. The van der Waals surface area contributed by atoms with Crippen molar-refractivity contribution in [1.82, 2.24) is 20.0 Å². The van der Waals surface area contributed by atoms with Crippen LogP contribution in [-0.4, -0.2) is 33.4 Å². The van der Waals surface area contributed by atoms with E-state index < -0.39 is 0 Å². The third kappa shape index (κ3) is 4.78. The first-order valence-electron chi connectivity index (χ1n) is 11.3. The van der Waals surface area contributed by atoms with Gasteiger partial charge in [0.1, 0.15) is 0 Å². The molecular weight excluding hydrogens is 452 g/mol. The molecule has 2 N–H and O–H groups in total. The van der Waals surface area contributed by atoms with Gasteiger partial charge >= 0.3 is 0 Å². The number of benzene rings is 3. The molecule has 36 heavy (non-hydrogen) atoms. The minimum Gasteiger partial charge on any atom is -0.351 e. The highest BCUT2D eigenvalue weighted by atomic mass is 16.2. The highest BCUT2D eigenvalue weighted by Crippen LogP contribution is 2.17. The van der Waals surface area contributed by atoms with Crippen LogP contribution in [0.5, 0.6) is 0 Å². The number of aromatic nitrogens is 2. The Labute approximate surface area is 207 Å². The Morgan fingerprint density at radius 1 is 0.667 bits per heavy atom. The third-order valence-electron chi connectivity index (χ3n) is 5.96. The van der Waals surface area contributed by atoms with Crippen LogP contribution in [0.2, 0.25) is 0 Å². The van der Waals surface area contributed by atoms with Crippen molar-refractivity contribution < 1.29 is 9.59 Å². The number of carbonyl (C=O) groups excluding carboxylic acids is 2. The largest absolute Gasteiger partial charge is 0.351 e. The lowest BCUT2D eigenvalue weighted by Crippen LogP contribution is -2.17. The minimum atomic E-state index is -0.286. The van der Waals surface area contributed by atoms with Gasteiger partial charge in [0.15, 0.2) is 0 Å². The zero-order valence-corrected chi connectivity index (χ0v) is 19.8. The number of hydrogen-bond donors (Lipinski definition) is 2. The fourth-order valence-corrected chi connectivity index (χ4v) is 4.03. The summed E-state index contributed by atoms with van der Waals surface area (Å²) in [6.07, 6.45) is 7.03. The summed E-state index contributed by atoms with van der Waals surface area (Å²) in [6.45, 7) is 0. The zero-order chi connectivity index (χ0) is 25.1. The second kappa shape index (κ2) is 9.71. The Morgan fingerprint density at radius 3 is 1.61 bits per heavy atom. The second-order valence-corrected chi connectivity index (χ2v) is 8.47. The molecule has 178 valence electrons. The molecule has 2 aromatic heterocycles. The summed E-state index contributed by atoms with van der Waals surface area (Å²) in [5.41, 5.74) is 9.86. The maximum Gasteiger partial charge on any atom is 0.271 e. The Balaban J connectivity index is 1.19. The Morgan fingerprint density at radius 2 is 1.14 bits per heavy atom. The summed E-state index contributed by atoms with van der Waals surface area (Å²) in [5, 5.41) is 10.1. The van der Waals surface area contributed by atoms with Crippen molar-refractivity contribution in [3.63, 3.8) is 0 Å². The van der Waals surface area contributed by atoms with Gasteiger partial charge < -0.3 is 9.13 Å². The van der Waals surface area contributed by atoms with E-state index in [1.807, 2.05) is 96.3 Å². The van der Waals surface area contributed by atoms with E-state index in [0.29, 0.717) is 11.1 Å². The summed E-state index contributed by atoms with van der Waals surface area (Å²) in [7, 11) is 3.92. The van der Waals surface area contributed by atoms with Gasteiger partial charge in [-0.05, 0) is 65.7 Å². The average molecular weight is 477 g/mol. The van der Waals surface area contributed by atoms with E-state index in [2.05, 4.69) is 21.1 Å². The number of amides is 2. The molecule has 3 aromatic carbocycles. The summed E-state index contributed by atoms with van der Waals surface area (Å²) < 4.78 is 4.00. The molecule has 0 aliphatic carbocycles. The van der Waals surface area contributed by atoms with Crippen molar-refractivity contribution in [2.75, 3.05) is 0 Å². The first-order valence-corrected chi connectivity index (χ1v) is 11.3. The van der Waals surface area contributed by atoms with Crippen molar-refractivity contribution in [3.8, 4) is 0 Å². The molecule has 5 aromatic rings. The molecule has 0 bridgehead atoms. The summed E-state index contributed by atoms with van der Waals surface area (Å²) >= 11 is 0. The van der Waals surface area contributed by atoms with Crippen LogP contribution in [0.4, 0.5) is 0 Å². The maximum absolute atomic E-state index is 12.5. The quantitative estimate of drug-likeness (QED) is 0.284. The van der Waals surface area contributed by atoms with Gasteiger partial charge in [0.25, 0.3) is 11.8 Å². The van der Waals surface area contributed by atoms with Crippen LogP contribution in [0.1, 0.15) is 31.8 Å². The van der Waals surface area contributed by atoms with E-state index in [0.717, 1.165) is 32.9 Å². The molecule has 0 aliphatic rings. The van der Waals surface area contributed by atoms with Crippen LogP contribution in [-0.2, 0) is 14.1 Å². The Hall–Kier alpha value is -4.98. The third-order valence-corrected chi connectivity index (χ3v) is 5.96. The molecule has 8 heteroatoms. The molecule has 0 radical (unpaired) electrons. The van der Waals surface area contributed by atoms with Crippen LogP contribution in [0.3, 0.4) is 0 Å². The van der Waals surface area contributed by atoms with Gasteiger partial charge in [0, 0.05) is 59.4 Å². The molecule has 5 rings (SSSR count). The van der Waals surface area contributed by atoms with E-state index in [-0.39, 0.29) is 11.8 Å². The van der Waals surface area contributed by atoms with Gasteiger partial charge in [-0.2, -0.15) is 10.2 Å². The number of fused-ring (bicyclic) bond motifs is 2. The molecular formula is C28H24N6O2. The topological polar surface area (TPSA) is 92.8 Å². The van der Waals surface area contributed by atoms with E-state index in [9.17, 15) is 9.59 Å². The van der Waals surface area contributed by atoms with Gasteiger partial charge in [-0.25, -0.2) is 10.9 Å². The molecule has 0 saturated heterocycles. The van der Waals surface area contributed by atoms with Gasteiger partial charge in [-0.3, -0.25) is 9.59 Å². The molecule has 0 fully saturated rings. The van der Waals surface area contributed by atoms with Crippen molar-refractivity contribution in [2.24, 2.45) is 24.3 Å². The molecule has 0 unspecified atom stereocenters. The van der Waals surface area contributed by atoms with E-state index >= 15 is 0 Å². The number of carbonyl (C=O) groups is 2. The minimum absolute atomic E-state index is 0.286. The Kier molecular flexibility index (Phi) is 6.15. The first-order chi connectivity index (χ1) is 17.5. The van der Waals surface area contributed by atoms with E-state index in [1.54, 1.807) is 24.6 Å². The molecule has 0 saturated carbocycles. The molecule has 2 amide bonds. The average Bonchev–Trinajstić information content (AvgIpc) is 3.45. The highest BCUT2D eigenvalue weighted by molar-refractivity contribution is 5.99. The lowest BCUT2D eigenvalue weighted by atomic mass is 10.1. The van der Waals surface area contributed by atoms with E-state index in [4.69, 9.17) is 0 Å². The number of nitrogens with zero attached hydrogens (tertiary/aromatic N) is 4. The molecule has 0 atom stereocenters. The van der Waals surface area contributed by atoms with E-state index in [1.165, 1.54) is 0 Å². The van der Waals surface area contributed by atoms with Crippen molar-refractivity contribution in [1.29, 1.82) is 0 Å². The zero-order valence-electron chi connectivity index (χ0n) is 19.8. The molecule has 0 aliphatic heterocycles. The number of hydrazone groups is 2. The van der Waals surface area contributed by atoms with Crippen LogP contribution in [0.25, 0.3) is 21.8 Å². The lowest BCUT2D eigenvalue weighted by molar-refractivity contribution is 0.0947. The standard InChI is InChI=1S/C28H24N6O2/c1-33-12-10-21-15-23(6-8-25(21)33)27(35)31-29-17-19-4-3-5-20(14-19)18-30-32-28(36)24-7-9-26-22(16-24)11-13-34(26)2/h3-18H,1-2H3,(H,31,35)(H,32,36). The fraction of sp³-hybridized carbons (Fsp3) is 0.0714. The lowest BCUT2D eigenvalue weighted by Gasteiger charge is -2.02. The number of nitrogens with one attached hydrogen (secondary N) is 2. The van der Waals surface area contributed by atoms with Crippen LogP contribution in [0.15, 0.2) is 95.4 Å². The predicted molar refractivity (Wildman–Crippen MR) is 142 cm³/mol. The van der Waals surface area contributed by atoms with Crippen LogP contribution < -0.4 is 10.9 Å². The van der Waals surface area contributed by atoms with Gasteiger partial charge in [0.05, 0.1) is 12.4 Å². The smallest absolute Gasteiger partial charge is 0.271 e. The van der Waals surface area contributed by atoms with Gasteiger partial charge in [-0.15, -0.1) is 0 Å². The summed E-state index contributed by atoms with van der Waals surface area (Å²) in [5.74, 6) is -0.572. The van der Waals surface area contributed by atoms with Crippen molar-refractivity contribution in [2.45, 2.75) is 0 Å². The number of hydrogen-bond acceptors (Lipinski definition) is 4. The normalized spacial score (nSPS) is 11.6. The SMILES string of the molecule is Cn1ccc2cc(C(=O)NN=Cc3cccc(C=NNC(=O)c4ccc5c(ccn5C)c4)c3)ccc21. The van der Waals surface area contributed by atoms with Crippen molar-refractivity contribution >= 4 is 46.0 Å².